The van der Waals surface area contributed by atoms with Crippen LogP contribution in [0.5, 0.6) is 0 Å². The summed E-state index contributed by atoms with van der Waals surface area (Å²) in [6.45, 7) is 1.27. The van der Waals surface area contributed by atoms with E-state index >= 15 is 0 Å². The van der Waals surface area contributed by atoms with Crippen molar-refractivity contribution in [3.8, 4) is 0 Å². The third-order valence-corrected chi connectivity index (χ3v) is 3.96. The lowest BCUT2D eigenvalue weighted by atomic mass is 10.0. The quantitative estimate of drug-likeness (QED) is 0.852. The van der Waals surface area contributed by atoms with E-state index in [0.29, 0.717) is 13.1 Å². The topological polar surface area (TPSA) is 32.3 Å². The molecule has 0 spiro atoms. The van der Waals surface area contributed by atoms with Gasteiger partial charge in [0.1, 0.15) is 5.82 Å². The van der Waals surface area contributed by atoms with Crippen LogP contribution in [0.3, 0.4) is 0 Å². The second kappa shape index (κ2) is 6.07. The van der Waals surface area contributed by atoms with Gasteiger partial charge in [-0.2, -0.15) is 0 Å². The van der Waals surface area contributed by atoms with Gasteiger partial charge in [0, 0.05) is 19.1 Å². The SMILES string of the molecule is CNC1CCCN(C(=O)c2cc(F)c(Cl)cc2Cl)C1. The number of piperidine rings is 1. The second-order valence-electron chi connectivity index (χ2n) is 4.63. The normalized spacial score (nSPS) is 19.6. The van der Waals surface area contributed by atoms with Crippen molar-refractivity contribution < 1.29 is 9.18 Å². The zero-order valence-electron chi connectivity index (χ0n) is 10.5. The molecule has 0 radical (unpaired) electrons. The number of hydrogen-bond acceptors (Lipinski definition) is 2. The summed E-state index contributed by atoms with van der Waals surface area (Å²) < 4.78 is 13.5. The summed E-state index contributed by atoms with van der Waals surface area (Å²) in [5, 5.41) is 3.26. The molecular weight excluding hydrogens is 290 g/mol. The van der Waals surface area contributed by atoms with Crippen molar-refractivity contribution in [2.24, 2.45) is 0 Å². The number of likely N-dealkylation sites (tertiary alicyclic amines) is 1. The summed E-state index contributed by atoms with van der Waals surface area (Å²) in [4.78, 5) is 14.0. The fourth-order valence-electron chi connectivity index (χ4n) is 2.25. The summed E-state index contributed by atoms with van der Waals surface area (Å²) in [7, 11) is 1.87. The summed E-state index contributed by atoms with van der Waals surface area (Å²) in [6, 6.07) is 2.65. The highest BCUT2D eigenvalue weighted by atomic mass is 35.5. The van der Waals surface area contributed by atoms with Crippen LogP contribution in [0.15, 0.2) is 12.1 Å². The molecular formula is C13H15Cl2FN2O. The number of amides is 1. The molecule has 1 fully saturated rings. The molecule has 2 rings (SSSR count). The van der Waals surface area contributed by atoms with E-state index in [9.17, 15) is 9.18 Å². The molecule has 0 saturated carbocycles. The number of nitrogens with one attached hydrogen (secondary N) is 1. The van der Waals surface area contributed by atoms with Gasteiger partial charge in [-0.15, -0.1) is 0 Å². The third-order valence-electron chi connectivity index (χ3n) is 3.36. The van der Waals surface area contributed by atoms with Crippen LogP contribution in [0, 0.1) is 5.82 Å². The van der Waals surface area contributed by atoms with Gasteiger partial charge in [0.15, 0.2) is 0 Å². The van der Waals surface area contributed by atoms with Gasteiger partial charge in [-0.1, -0.05) is 23.2 Å². The van der Waals surface area contributed by atoms with Crippen molar-refractivity contribution in [2.45, 2.75) is 18.9 Å². The predicted octanol–water partition coefficient (Wildman–Crippen LogP) is 2.96. The van der Waals surface area contributed by atoms with E-state index in [0.717, 1.165) is 18.9 Å². The van der Waals surface area contributed by atoms with Crippen LogP contribution >= 0.6 is 23.2 Å². The molecule has 0 aromatic heterocycles. The lowest BCUT2D eigenvalue weighted by Crippen LogP contribution is -2.47. The monoisotopic (exact) mass is 304 g/mol. The molecule has 1 aromatic carbocycles. The largest absolute Gasteiger partial charge is 0.337 e. The molecule has 0 bridgehead atoms. The number of nitrogens with zero attached hydrogens (tertiary/aromatic N) is 1. The van der Waals surface area contributed by atoms with Crippen LogP contribution in [0.25, 0.3) is 0 Å². The molecule has 3 nitrogen and oxygen atoms in total. The first-order valence-corrected chi connectivity index (χ1v) is 6.89. The van der Waals surface area contributed by atoms with Crippen molar-refractivity contribution in [2.75, 3.05) is 20.1 Å². The Bertz CT molecular complexity index is 496. The maximum absolute atomic E-state index is 13.5. The molecule has 1 aromatic rings. The van der Waals surface area contributed by atoms with Crippen LogP contribution in [0.4, 0.5) is 4.39 Å². The molecule has 0 aliphatic carbocycles. The molecule has 104 valence electrons. The minimum absolute atomic E-state index is 0.0757. The summed E-state index contributed by atoms with van der Waals surface area (Å²) in [6.07, 6.45) is 1.95. The minimum atomic E-state index is -0.628. The van der Waals surface area contributed by atoms with Gasteiger partial charge in [-0.05, 0) is 32.0 Å². The Morgan fingerprint density at radius 1 is 1.42 bits per heavy atom. The van der Waals surface area contributed by atoms with E-state index in [4.69, 9.17) is 23.2 Å². The maximum Gasteiger partial charge on any atom is 0.255 e. The van der Waals surface area contributed by atoms with E-state index in [1.807, 2.05) is 7.05 Å². The van der Waals surface area contributed by atoms with E-state index in [1.54, 1.807) is 4.90 Å². The highest BCUT2D eigenvalue weighted by Gasteiger charge is 2.25. The Hall–Kier alpha value is -0.840. The van der Waals surface area contributed by atoms with Crippen LogP contribution < -0.4 is 5.32 Å². The van der Waals surface area contributed by atoms with E-state index in [-0.39, 0.29) is 27.6 Å². The lowest BCUT2D eigenvalue weighted by Gasteiger charge is -2.32. The highest BCUT2D eigenvalue weighted by molar-refractivity contribution is 6.36. The molecule has 1 heterocycles. The smallest absolute Gasteiger partial charge is 0.255 e. The zero-order chi connectivity index (χ0) is 14.0. The van der Waals surface area contributed by atoms with Crippen LogP contribution in [0.2, 0.25) is 10.0 Å². The summed E-state index contributed by atoms with van der Waals surface area (Å²) in [5.74, 6) is -0.878. The number of hydrogen-bond donors (Lipinski definition) is 1. The molecule has 1 saturated heterocycles. The molecule has 1 aliphatic rings. The van der Waals surface area contributed by atoms with Crippen molar-refractivity contribution >= 4 is 29.1 Å². The zero-order valence-corrected chi connectivity index (χ0v) is 12.1. The Balaban J connectivity index is 2.22. The first-order chi connectivity index (χ1) is 9.02. The van der Waals surface area contributed by atoms with Crippen LogP contribution in [-0.2, 0) is 0 Å². The van der Waals surface area contributed by atoms with Crippen molar-refractivity contribution in [3.63, 3.8) is 0 Å². The van der Waals surface area contributed by atoms with Crippen LogP contribution in [-0.4, -0.2) is 37.0 Å². The Morgan fingerprint density at radius 3 is 2.84 bits per heavy atom. The summed E-state index contributed by atoms with van der Waals surface area (Å²) in [5.41, 5.74) is 0.167. The average Bonchev–Trinajstić information content (AvgIpc) is 2.42. The Morgan fingerprint density at radius 2 is 2.16 bits per heavy atom. The van der Waals surface area contributed by atoms with E-state index in [1.165, 1.54) is 6.07 Å². The number of carbonyl (C=O) groups excluding carboxylic acids is 1. The van der Waals surface area contributed by atoms with Gasteiger partial charge in [-0.25, -0.2) is 4.39 Å². The number of rotatable bonds is 2. The highest BCUT2D eigenvalue weighted by Crippen LogP contribution is 2.26. The molecule has 6 heteroatoms. The van der Waals surface area contributed by atoms with Crippen molar-refractivity contribution in [1.29, 1.82) is 0 Å². The van der Waals surface area contributed by atoms with Gasteiger partial charge in [0.2, 0.25) is 0 Å². The van der Waals surface area contributed by atoms with Gasteiger partial charge in [0.05, 0.1) is 15.6 Å². The molecule has 1 unspecified atom stereocenters. The molecule has 1 atom stereocenters. The minimum Gasteiger partial charge on any atom is -0.337 e. The Labute approximate surface area is 121 Å². The number of halogens is 3. The van der Waals surface area contributed by atoms with Crippen molar-refractivity contribution in [1.82, 2.24) is 10.2 Å². The van der Waals surface area contributed by atoms with Crippen LogP contribution in [0.1, 0.15) is 23.2 Å². The standard InChI is InChI=1S/C13H15Cl2FN2O/c1-17-8-3-2-4-18(7-8)13(19)9-5-12(16)11(15)6-10(9)14/h5-6,8,17H,2-4,7H2,1H3. The first kappa shape index (κ1) is 14.6. The van der Waals surface area contributed by atoms with Gasteiger partial charge >= 0.3 is 0 Å². The lowest BCUT2D eigenvalue weighted by molar-refractivity contribution is 0.0698. The molecule has 1 amide bonds. The second-order valence-corrected chi connectivity index (χ2v) is 5.44. The maximum atomic E-state index is 13.5. The van der Waals surface area contributed by atoms with Gasteiger partial charge in [-0.3, -0.25) is 4.79 Å². The molecule has 1 aliphatic heterocycles. The fraction of sp³-hybridized carbons (Fsp3) is 0.462. The predicted molar refractivity (Wildman–Crippen MR) is 74.4 cm³/mol. The average molecular weight is 305 g/mol. The van der Waals surface area contributed by atoms with Gasteiger partial charge < -0.3 is 10.2 Å². The number of carbonyl (C=O) groups is 1. The van der Waals surface area contributed by atoms with E-state index < -0.39 is 5.82 Å². The van der Waals surface area contributed by atoms with Crippen molar-refractivity contribution in [3.05, 3.63) is 33.6 Å². The molecule has 1 N–H and O–H groups in total. The number of benzene rings is 1. The fourth-order valence-corrected chi connectivity index (χ4v) is 2.72. The Kier molecular flexibility index (Phi) is 4.66. The van der Waals surface area contributed by atoms with E-state index in [2.05, 4.69) is 5.32 Å². The first-order valence-electron chi connectivity index (χ1n) is 6.14. The third kappa shape index (κ3) is 3.19. The molecule has 19 heavy (non-hydrogen) atoms. The summed E-state index contributed by atoms with van der Waals surface area (Å²) >= 11 is 11.6. The van der Waals surface area contributed by atoms with Gasteiger partial charge in [0.25, 0.3) is 5.91 Å². The number of likely N-dealkylation sites (N-methyl/N-ethyl adjacent to an activating group) is 1.